The Kier molecular flexibility index (Phi) is 2.53. The topological polar surface area (TPSA) is 43.1 Å². The number of hydrogen-bond donors (Lipinski definition) is 1. The maximum absolute atomic E-state index is 11.0. The summed E-state index contributed by atoms with van der Waals surface area (Å²) in [7, 11) is 0. The zero-order valence-electron chi connectivity index (χ0n) is 7.34. The maximum atomic E-state index is 11.0. The lowest BCUT2D eigenvalue weighted by atomic mass is 9.73. The monoisotopic (exact) mass is 155 g/mol. The molecule has 64 valence electrons. The minimum atomic E-state index is -0.107. The Hall–Kier alpha value is -0.530. The first kappa shape index (κ1) is 8.57. The molecule has 1 fully saturated rings. The van der Waals surface area contributed by atoms with E-state index in [9.17, 15) is 4.79 Å². The van der Waals surface area contributed by atoms with Gasteiger partial charge in [-0.25, -0.2) is 0 Å². The van der Waals surface area contributed by atoms with Gasteiger partial charge in [0.05, 0.1) is 0 Å². The van der Waals surface area contributed by atoms with Crippen molar-refractivity contribution in [3.05, 3.63) is 0 Å². The van der Waals surface area contributed by atoms with Gasteiger partial charge >= 0.3 is 0 Å². The van der Waals surface area contributed by atoms with Gasteiger partial charge in [0.1, 0.15) is 0 Å². The average molecular weight is 155 g/mol. The third-order valence-corrected chi connectivity index (χ3v) is 2.87. The Balaban J connectivity index is 2.62. The summed E-state index contributed by atoms with van der Waals surface area (Å²) in [6.45, 7) is 4.26. The van der Waals surface area contributed by atoms with E-state index >= 15 is 0 Å². The highest BCUT2D eigenvalue weighted by Gasteiger charge is 2.31. The Morgan fingerprint density at radius 3 is 2.00 bits per heavy atom. The fraction of sp³-hybridized carbons (Fsp3) is 0.889. The molecule has 11 heavy (non-hydrogen) atoms. The molecule has 1 amide bonds. The summed E-state index contributed by atoms with van der Waals surface area (Å²) in [5.74, 6) is 1.01. The summed E-state index contributed by atoms with van der Waals surface area (Å²) in [6, 6.07) is 0. The van der Waals surface area contributed by atoms with Gasteiger partial charge < -0.3 is 5.73 Å². The maximum Gasteiger partial charge on any atom is 0.221 e. The summed E-state index contributed by atoms with van der Waals surface area (Å²) in [4.78, 5) is 11.0. The molecule has 2 heteroatoms. The van der Waals surface area contributed by atoms with Crippen molar-refractivity contribution in [1.29, 1.82) is 0 Å². The Labute approximate surface area is 68.2 Å². The van der Waals surface area contributed by atoms with Crippen molar-refractivity contribution in [1.82, 2.24) is 0 Å². The first-order chi connectivity index (χ1) is 5.13. The van der Waals surface area contributed by atoms with E-state index in [-0.39, 0.29) is 11.8 Å². The van der Waals surface area contributed by atoms with Crippen molar-refractivity contribution in [3.8, 4) is 0 Å². The van der Waals surface area contributed by atoms with Crippen LogP contribution in [0.3, 0.4) is 0 Å². The quantitative estimate of drug-likeness (QED) is 0.613. The molecule has 0 unspecified atom stereocenters. The summed E-state index contributed by atoms with van der Waals surface area (Å²) in [5.41, 5.74) is 5.31. The van der Waals surface area contributed by atoms with Crippen molar-refractivity contribution in [3.63, 3.8) is 0 Å². The van der Waals surface area contributed by atoms with Gasteiger partial charge in [0.15, 0.2) is 0 Å². The van der Waals surface area contributed by atoms with Gasteiger partial charge in [-0.2, -0.15) is 0 Å². The fourth-order valence-corrected chi connectivity index (χ4v) is 2.24. The van der Waals surface area contributed by atoms with Crippen LogP contribution in [0.25, 0.3) is 0 Å². The third-order valence-electron chi connectivity index (χ3n) is 2.87. The van der Waals surface area contributed by atoms with Crippen LogP contribution in [-0.2, 0) is 4.79 Å². The van der Waals surface area contributed by atoms with Crippen molar-refractivity contribution in [2.24, 2.45) is 23.5 Å². The molecule has 1 aliphatic carbocycles. The molecule has 0 aromatic rings. The zero-order chi connectivity index (χ0) is 8.43. The third kappa shape index (κ3) is 1.73. The van der Waals surface area contributed by atoms with E-state index in [1.807, 2.05) is 0 Å². The Morgan fingerprint density at radius 2 is 1.73 bits per heavy atom. The Morgan fingerprint density at radius 1 is 1.27 bits per heavy atom. The van der Waals surface area contributed by atoms with Gasteiger partial charge in [0.25, 0.3) is 0 Å². The van der Waals surface area contributed by atoms with Crippen LogP contribution in [0.15, 0.2) is 0 Å². The van der Waals surface area contributed by atoms with E-state index in [1.54, 1.807) is 0 Å². The van der Waals surface area contributed by atoms with Crippen molar-refractivity contribution in [2.75, 3.05) is 0 Å². The summed E-state index contributed by atoms with van der Waals surface area (Å²) in [5, 5.41) is 0. The molecule has 0 radical (unpaired) electrons. The van der Waals surface area contributed by atoms with E-state index in [4.69, 9.17) is 5.73 Å². The predicted octanol–water partition coefficient (Wildman–Crippen LogP) is 1.54. The van der Waals surface area contributed by atoms with Gasteiger partial charge in [0.2, 0.25) is 5.91 Å². The summed E-state index contributed by atoms with van der Waals surface area (Å²) < 4.78 is 0. The van der Waals surface area contributed by atoms with Crippen molar-refractivity contribution < 1.29 is 4.79 Å². The molecule has 0 aromatic heterocycles. The summed E-state index contributed by atoms with van der Waals surface area (Å²) in [6.07, 6.45) is 3.59. The van der Waals surface area contributed by atoms with E-state index in [1.165, 1.54) is 6.42 Å². The highest BCUT2D eigenvalue weighted by atomic mass is 16.1. The lowest BCUT2D eigenvalue weighted by Gasteiger charge is -2.31. The largest absolute Gasteiger partial charge is 0.369 e. The van der Waals surface area contributed by atoms with Crippen molar-refractivity contribution >= 4 is 5.91 Å². The molecule has 2 N–H and O–H groups in total. The predicted molar refractivity (Wildman–Crippen MR) is 44.9 cm³/mol. The second kappa shape index (κ2) is 3.24. The molecule has 2 nitrogen and oxygen atoms in total. The van der Waals surface area contributed by atoms with Crippen LogP contribution in [0.4, 0.5) is 0 Å². The molecule has 0 aliphatic heterocycles. The van der Waals surface area contributed by atoms with Crippen LogP contribution in [0.2, 0.25) is 0 Å². The molecule has 2 atom stereocenters. The number of amides is 1. The molecule has 1 rings (SSSR count). The number of nitrogens with two attached hydrogens (primary N) is 1. The van der Waals surface area contributed by atoms with E-state index < -0.39 is 0 Å². The molecule has 0 bridgehead atoms. The lowest BCUT2D eigenvalue weighted by Crippen LogP contribution is -2.36. The van der Waals surface area contributed by atoms with Crippen LogP contribution in [0, 0.1) is 17.8 Å². The summed E-state index contributed by atoms with van der Waals surface area (Å²) >= 11 is 0. The van der Waals surface area contributed by atoms with E-state index in [0.29, 0.717) is 11.8 Å². The minimum Gasteiger partial charge on any atom is -0.369 e. The fourth-order valence-electron chi connectivity index (χ4n) is 2.24. The molecular weight excluding hydrogens is 138 g/mol. The van der Waals surface area contributed by atoms with Gasteiger partial charge in [-0.1, -0.05) is 20.3 Å². The molecule has 1 saturated carbocycles. The molecule has 0 aromatic carbocycles. The molecular formula is C9H17NO. The normalized spacial score (nSPS) is 33.6. The van der Waals surface area contributed by atoms with Crippen LogP contribution >= 0.6 is 0 Å². The molecule has 0 heterocycles. The van der Waals surface area contributed by atoms with Crippen LogP contribution in [-0.4, -0.2) is 5.91 Å². The van der Waals surface area contributed by atoms with E-state index in [2.05, 4.69) is 13.8 Å². The van der Waals surface area contributed by atoms with Crippen LogP contribution in [0.5, 0.6) is 0 Å². The molecule has 0 spiro atoms. The second-order valence-corrected chi connectivity index (χ2v) is 3.81. The lowest BCUT2D eigenvalue weighted by molar-refractivity contribution is -0.126. The van der Waals surface area contributed by atoms with Crippen molar-refractivity contribution in [2.45, 2.75) is 33.1 Å². The molecule has 0 saturated heterocycles. The van der Waals surface area contributed by atoms with Crippen LogP contribution < -0.4 is 5.73 Å². The van der Waals surface area contributed by atoms with E-state index in [0.717, 1.165) is 12.8 Å². The van der Waals surface area contributed by atoms with Gasteiger partial charge in [-0.05, 0) is 24.7 Å². The Bertz CT molecular complexity index is 146. The number of carbonyl (C=O) groups is 1. The second-order valence-electron chi connectivity index (χ2n) is 3.81. The smallest absolute Gasteiger partial charge is 0.221 e. The van der Waals surface area contributed by atoms with Gasteiger partial charge in [0, 0.05) is 5.92 Å². The van der Waals surface area contributed by atoms with Crippen LogP contribution in [0.1, 0.15) is 33.1 Å². The first-order valence-corrected chi connectivity index (χ1v) is 4.42. The minimum absolute atomic E-state index is 0.107. The highest BCUT2D eigenvalue weighted by Crippen LogP contribution is 2.33. The van der Waals surface area contributed by atoms with Gasteiger partial charge in [-0.3, -0.25) is 4.79 Å². The van der Waals surface area contributed by atoms with Gasteiger partial charge in [-0.15, -0.1) is 0 Å². The number of rotatable bonds is 1. The first-order valence-electron chi connectivity index (χ1n) is 4.42. The highest BCUT2D eigenvalue weighted by molar-refractivity contribution is 5.77. The number of hydrogen-bond acceptors (Lipinski definition) is 1. The zero-order valence-corrected chi connectivity index (χ0v) is 7.34. The average Bonchev–Trinajstić information content (AvgIpc) is 1.85. The number of primary amides is 1. The molecule has 1 aliphatic rings. The standard InChI is InChI=1S/C9H17NO/c1-6-4-3-5-7(2)8(6)9(10)11/h6-8H,3-5H2,1-2H3,(H2,10,11)/t6-,7-/m1/s1. The number of carbonyl (C=O) groups excluding carboxylic acids is 1. The SMILES string of the molecule is C[C@@H]1CCC[C@@H](C)C1C(N)=O.